The molecule has 2 amide bonds. The van der Waals surface area contributed by atoms with Crippen molar-refractivity contribution in [1.29, 1.82) is 0 Å². The van der Waals surface area contributed by atoms with Gasteiger partial charge >= 0.3 is 0 Å². The largest absolute Gasteiger partial charge is 0.497 e. The van der Waals surface area contributed by atoms with Gasteiger partial charge in [-0.3, -0.25) is 9.59 Å². The van der Waals surface area contributed by atoms with E-state index in [0.29, 0.717) is 33.7 Å². The van der Waals surface area contributed by atoms with E-state index in [1.165, 1.54) is 4.90 Å². The van der Waals surface area contributed by atoms with Gasteiger partial charge in [-0.1, -0.05) is 36.2 Å². The number of rotatable bonds is 10. The lowest BCUT2D eigenvalue weighted by molar-refractivity contribution is -0.142. The van der Waals surface area contributed by atoms with Gasteiger partial charge in [0.2, 0.25) is 5.91 Å². The van der Waals surface area contributed by atoms with Gasteiger partial charge in [0.15, 0.2) is 6.61 Å². The zero-order valence-corrected chi connectivity index (χ0v) is 18.8. The molecule has 30 heavy (non-hydrogen) atoms. The number of hydrogen-bond donors (Lipinski definition) is 1. The second-order valence-electron chi connectivity index (χ2n) is 6.69. The maximum absolute atomic E-state index is 13.0. The zero-order chi connectivity index (χ0) is 22.1. The van der Waals surface area contributed by atoms with Gasteiger partial charge in [-0.05, 0) is 55.3 Å². The first-order valence-corrected chi connectivity index (χ1v) is 10.4. The van der Waals surface area contributed by atoms with Crippen molar-refractivity contribution in [3.63, 3.8) is 0 Å². The van der Waals surface area contributed by atoms with Crippen molar-refractivity contribution >= 4 is 35.0 Å². The Kier molecular flexibility index (Phi) is 9.27. The number of carbonyl (C=O) groups excluding carboxylic acids is 2. The molecule has 2 rings (SSSR count). The number of halogens is 2. The molecule has 0 spiro atoms. The standard InChI is InChI=1S/C22H26Cl2N2O4/c1-4-11-25-22(28)15(2)26(13-16-5-6-17(23)12-20(16)24)21(27)14-30-19-9-7-18(29-3)8-10-19/h5-10,12,15H,4,11,13-14H2,1-3H3,(H,25,28). The van der Waals surface area contributed by atoms with Crippen LogP contribution in [0.2, 0.25) is 10.0 Å². The minimum atomic E-state index is -0.699. The Labute approximate surface area is 187 Å². The molecular weight excluding hydrogens is 427 g/mol. The highest BCUT2D eigenvalue weighted by Gasteiger charge is 2.27. The van der Waals surface area contributed by atoms with Crippen molar-refractivity contribution in [1.82, 2.24) is 10.2 Å². The summed E-state index contributed by atoms with van der Waals surface area (Å²) < 4.78 is 10.7. The normalized spacial score (nSPS) is 11.5. The number of amides is 2. The number of methoxy groups -OCH3 is 1. The summed E-state index contributed by atoms with van der Waals surface area (Å²) in [4.78, 5) is 26.9. The van der Waals surface area contributed by atoms with Crippen LogP contribution in [0.4, 0.5) is 0 Å². The average Bonchev–Trinajstić information content (AvgIpc) is 2.75. The molecule has 0 fully saturated rings. The number of benzene rings is 2. The SMILES string of the molecule is CCCNC(=O)C(C)N(Cc1ccc(Cl)cc1Cl)C(=O)COc1ccc(OC)cc1. The summed E-state index contributed by atoms with van der Waals surface area (Å²) in [5.41, 5.74) is 0.689. The molecule has 0 aromatic heterocycles. The molecule has 1 unspecified atom stereocenters. The van der Waals surface area contributed by atoms with Gasteiger partial charge in [-0.25, -0.2) is 0 Å². The van der Waals surface area contributed by atoms with E-state index in [4.69, 9.17) is 32.7 Å². The summed E-state index contributed by atoms with van der Waals surface area (Å²) in [6.45, 7) is 4.11. The van der Waals surface area contributed by atoms with E-state index in [1.807, 2.05) is 6.92 Å². The number of nitrogens with one attached hydrogen (secondary N) is 1. The lowest BCUT2D eigenvalue weighted by Gasteiger charge is -2.29. The molecule has 6 nitrogen and oxygen atoms in total. The van der Waals surface area contributed by atoms with Crippen LogP contribution in [0.5, 0.6) is 11.5 Å². The van der Waals surface area contributed by atoms with Crippen molar-refractivity contribution in [2.45, 2.75) is 32.9 Å². The van der Waals surface area contributed by atoms with E-state index in [2.05, 4.69) is 5.32 Å². The molecule has 0 aliphatic rings. The van der Waals surface area contributed by atoms with Gasteiger partial charge in [-0.15, -0.1) is 0 Å². The highest BCUT2D eigenvalue weighted by molar-refractivity contribution is 6.35. The van der Waals surface area contributed by atoms with E-state index in [1.54, 1.807) is 56.5 Å². The molecule has 162 valence electrons. The van der Waals surface area contributed by atoms with Gasteiger partial charge in [0.05, 0.1) is 7.11 Å². The molecule has 0 bridgehead atoms. The molecule has 0 heterocycles. The molecule has 8 heteroatoms. The first kappa shape index (κ1) is 23.8. The molecule has 1 N–H and O–H groups in total. The van der Waals surface area contributed by atoms with Crippen molar-refractivity contribution in [2.75, 3.05) is 20.3 Å². The Bertz CT molecular complexity index is 859. The van der Waals surface area contributed by atoms with Crippen molar-refractivity contribution in [2.24, 2.45) is 0 Å². The van der Waals surface area contributed by atoms with Crippen LogP contribution in [-0.2, 0) is 16.1 Å². The van der Waals surface area contributed by atoms with Crippen LogP contribution in [0.1, 0.15) is 25.8 Å². The first-order chi connectivity index (χ1) is 14.3. The molecule has 0 saturated carbocycles. The van der Waals surface area contributed by atoms with Gasteiger partial charge in [0, 0.05) is 23.1 Å². The van der Waals surface area contributed by atoms with E-state index in [-0.39, 0.29) is 25.0 Å². The fourth-order valence-electron chi connectivity index (χ4n) is 2.71. The van der Waals surface area contributed by atoms with E-state index < -0.39 is 6.04 Å². The Morgan fingerprint density at radius 1 is 1.10 bits per heavy atom. The second-order valence-corrected chi connectivity index (χ2v) is 7.53. The summed E-state index contributed by atoms with van der Waals surface area (Å²) in [5, 5.41) is 3.75. The van der Waals surface area contributed by atoms with Crippen molar-refractivity contribution in [3.05, 3.63) is 58.1 Å². The van der Waals surface area contributed by atoms with Crippen LogP contribution in [0.25, 0.3) is 0 Å². The summed E-state index contributed by atoms with van der Waals surface area (Å²) in [6, 6.07) is 11.3. The predicted octanol–water partition coefficient (Wildman–Crippen LogP) is 4.32. The third kappa shape index (κ3) is 6.82. The Morgan fingerprint density at radius 2 is 1.77 bits per heavy atom. The van der Waals surface area contributed by atoms with Crippen LogP contribution >= 0.6 is 23.2 Å². The molecule has 2 aromatic rings. The molecular formula is C22H26Cl2N2O4. The first-order valence-electron chi connectivity index (χ1n) is 9.63. The molecule has 0 saturated heterocycles. The Hall–Kier alpha value is -2.44. The van der Waals surface area contributed by atoms with E-state index in [9.17, 15) is 9.59 Å². The van der Waals surface area contributed by atoms with Crippen LogP contribution in [-0.4, -0.2) is 43.0 Å². The molecule has 0 aliphatic carbocycles. The minimum absolute atomic E-state index is 0.154. The van der Waals surface area contributed by atoms with Crippen LogP contribution in [0.15, 0.2) is 42.5 Å². The highest BCUT2D eigenvalue weighted by Crippen LogP contribution is 2.23. The van der Waals surface area contributed by atoms with Gasteiger partial charge in [0.1, 0.15) is 17.5 Å². The minimum Gasteiger partial charge on any atom is -0.497 e. The number of nitrogens with zero attached hydrogens (tertiary/aromatic N) is 1. The fourth-order valence-corrected chi connectivity index (χ4v) is 3.18. The van der Waals surface area contributed by atoms with Gasteiger partial charge in [0.25, 0.3) is 5.91 Å². The summed E-state index contributed by atoms with van der Waals surface area (Å²) in [5.74, 6) is 0.640. The molecule has 0 radical (unpaired) electrons. The summed E-state index contributed by atoms with van der Waals surface area (Å²) in [7, 11) is 1.57. The van der Waals surface area contributed by atoms with Crippen molar-refractivity contribution in [3.8, 4) is 11.5 Å². The molecule has 2 aromatic carbocycles. The zero-order valence-electron chi connectivity index (χ0n) is 17.3. The predicted molar refractivity (Wildman–Crippen MR) is 118 cm³/mol. The average molecular weight is 453 g/mol. The summed E-state index contributed by atoms with van der Waals surface area (Å²) in [6.07, 6.45) is 0.802. The lowest BCUT2D eigenvalue weighted by Crippen LogP contribution is -2.49. The highest BCUT2D eigenvalue weighted by atomic mass is 35.5. The Morgan fingerprint density at radius 3 is 2.37 bits per heavy atom. The second kappa shape index (κ2) is 11.7. The van der Waals surface area contributed by atoms with E-state index in [0.717, 1.165) is 6.42 Å². The third-order valence-electron chi connectivity index (χ3n) is 4.49. The summed E-state index contributed by atoms with van der Waals surface area (Å²) >= 11 is 12.2. The molecule has 0 aliphatic heterocycles. The number of carbonyl (C=O) groups is 2. The lowest BCUT2D eigenvalue weighted by atomic mass is 10.1. The topological polar surface area (TPSA) is 67.9 Å². The maximum Gasteiger partial charge on any atom is 0.261 e. The van der Waals surface area contributed by atoms with Crippen LogP contribution in [0, 0.1) is 0 Å². The van der Waals surface area contributed by atoms with Gasteiger partial charge < -0.3 is 19.7 Å². The number of hydrogen-bond acceptors (Lipinski definition) is 4. The third-order valence-corrected chi connectivity index (χ3v) is 5.08. The van der Waals surface area contributed by atoms with Crippen LogP contribution in [0.3, 0.4) is 0 Å². The maximum atomic E-state index is 13.0. The van der Waals surface area contributed by atoms with Gasteiger partial charge in [-0.2, -0.15) is 0 Å². The quantitative estimate of drug-likeness (QED) is 0.582. The van der Waals surface area contributed by atoms with E-state index >= 15 is 0 Å². The smallest absolute Gasteiger partial charge is 0.261 e. The monoisotopic (exact) mass is 452 g/mol. The Balaban J connectivity index is 2.15. The van der Waals surface area contributed by atoms with Crippen molar-refractivity contribution < 1.29 is 19.1 Å². The number of ether oxygens (including phenoxy) is 2. The fraction of sp³-hybridized carbons (Fsp3) is 0.364. The molecule has 1 atom stereocenters. The van der Waals surface area contributed by atoms with Crippen LogP contribution < -0.4 is 14.8 Å².